The van der Waals surface area contributed by atoms with E-state index in [9.17, 15) is 0 Å². The summed E-state index contributed by atoms with van der Waals surface area (Å²) in [4.78, 5) is 4.38. The lowest BCUT2D eigenvalue weighted by molar-refractivity contribution is 0.367. The molecule has 4 nitrogen and oxygen atoms in total. The highest BCUT2D eigenvalue weighted by Gasteiger charge is 2.17. The fourth-order valence-electron chi connectivity index (χ4n) is 2.27. The maximum atomic E-state index is 4.38. The van der Waals surface area contributed by atoms with E-state index in [0.29, 0.717) is 17.9 Å². The summed E-state index contributed by atoms with van der Waals surface area (Å²) in [6.07, 6.45) is 3.81. The van der Waals surface area contributed by atoms with Crippen LogP contribution in [-0.4, -0.2) is 27.9 Å². The molecule has 0 saturated heterocycles. The first-order valence-electron chi connectivity index (χ1n) is 6.62. The van der Waals surface area contributed by atoms with E-state index in [1.54, 1.807) is 6.33 Å². The molecule has 0 spiro atoms. The zero-order valence-electron chi connectivity index (χ0n) is 11.8. The first kappa shape index (κ1) is 14.2. The summed E-state index contributed by atoms with van der Waals surface area (Å²) in [5.74, 6) is 2.30. The van der Waals surface area contributed by atoms with Crippen molar-refractivity contribution in [2.75, 3.05) is 7.05 Å². The topological polar surface area (TPSA) is 42.7 Å². The minimum absolute atomic E-state index is 0.555. The van der Waals surface area contributed by atoms with E-state index in [2.05, 4.69) is 43.1 Å². The van der Waals surface area contributed by atoms with E-state index in [4.69, 9.17) is 0 Å². The summed E-state index contributed by atoms with van der Waals surface area (Å²) in [5.41, 5.74) is 0. The number of aromatic nitrogens is 3. The smallest absolute Gasteiger partial charge is 0.138 e. The fourth-order valence-corrected chi connectivity index (χ4v) is 2.27. The van der Waals surface area contributed by atoms with Gasteiger partial charge in [0.25, 0.3) is 0 Å². The highest BCUT2D eigenvalue weighted by molar-refractivity contribution is 4.89. The second kappa shape index (κ2) is 6.74. The predicted octanol–water partition coefficient (Wildman–Crippen LogP) is 2.11. The van der Waals surface area contributed by atoms with Gasteiger partial charge in [-0.1, -0.05) is 27.7 Å². The van der Waals surface area contributed by atoms with Gasteiger partial charge in [-0.05, 0) is 25.3 Å². The monoisotopic (exact) mass is 238 g/mol. The van der Waals surface area contributed by atoms with E-state index in [-0.39, 0.29) is 0 Å². The van der Waals surface area contributed by atoms with Crippen LogP contribution in [0.2, 0.25) is 0 Å². The Labute approximate surface area is 105 Å². The van der Waals surface area contributed by atoms with Crippen molar-refractivity contribution in [1.29, 1.82) is 0 Å². The Bertz CT molecular complexity index is 315. The molecule has 1 rings (SSSR count). The Balaban J connectivity index is 2.64. The number of nitrogens with zero attached hydrogens (tertiary/aromatic N) is 3. The minimum atomic E-state index is 0.555. The third kappa shape index (κ3) is 4.11. The third-order valence-corrected chi connectivity index (χ3v) is 3.24. The van der Waals surface area contributed by atoms with Crippen LogP contribution in [0.3, 0.4) is 0 Å². The third-order valence-electron chi connectivity index (χ3n) is 3.24. The summed E-state index contributed by atoms with van der Waals surface area (Å²) >= 11 is 0. The molecule has 0 bridgehead atoms. The van der Waals surface area contributed by atoms with Gasteiger partial charge in [-0.25, -0.2) is 9.67 Å². The van der Waals surface area contributed by atoms with Crippen LogP contribution in [0.5, 0.6) is 0 Å². The fraction of sp³-hybridized carbons (Fsp3) is 0.846. The van der Waals surface area contributed by atoms with E-state index in [0.717, 1.165) is 25.2 Å². The molecule has 0 fully saturated rings. The predicted molar refractivity (Wildman–Crippen MR) is 70.9 cm³/mol. The highest BCUT2D eigenvalue weighted by atomic mass is 15.3. The second-order valence-corrected chi connectivity index (χ2v) is 5.24. The molecule has 0 aromatic carbocycles. The summed E-state index contributed by atoms with van der Waals surface area (Å²) < 4.78 is 2.05. The molecule has 17 heavy (non-hydrogen) atoms. The quantitative estimate of drug-likeness (QED) is 0.791. The Morgan fingerprint density at radius 1 is 1.35 bits per heavy atom. The van der Waals surface area contributed by atoms with Crippen molar-refractivity contribution in [3.8, 4) is 0 Å². The number of hydrogen-bond donors (Lipinski definition) is 1. The van der Waals surface area contributed by atoms with E-state index < -0.39 is 0 Å². The van der Waals surface area contributed by atoms with E-state index in [1.165, 1.54) is 0 Å². The van der Waals surface area contributed by atoms with Crippen molar-refractivity contribution in [3.63, 3.8) is 0 Å². The largest absolute Gasteiger partial charge is 0.317 e. The summed E-state index contributed by atoms with van der Waals surface area (Å²) in [7, 11) is 2.03. The standard InChI is InChI=1S/C13H26N4/c1-6-12(14-5)11(4)7-13-15-9-16-17(13)8-10(2)3/h9-12,14H,6-8H2,1-5H3. The normalized spacial score (nSPS) is 15.2. The Kier molecular flexibility index (Phi) is 5.62. The molecule has 1 heterocycles. The molecule has 0 aliphatic rings. The molecular weight excluding hydrogens is 212 g/mol. The van der Waals surface area contributed by atoms with E-state index >= 15 is 0 Å². The van der Waals surface area contributed by atoms with Crippen molar-refractivity contribution >= 4 is 0 Å². The molecule has 1 aromatic rings. The van der Waals surface area contributed by atoms with Gasteiger partial charge in [-0.2, -0.15) is 5.10 Å². The number of nitrogens with one attached hydrogen (secondary N) is 1. The lowest BCUT2D eigenvalue weighted by atomic mass is 9.96. The maximum absolute atomic E-state index is 4.38. The SMILES string of the molecule is CCC(NC)C(C)Cc1ncnn1CC(C)C. The van der Waals surface area contributed by atoms with Gasteiger partial charge in [0.1, 0.15) is 12.2 Å². The van der Waals surface area contributed by atoms with Crippen LogP contribution in [0.15, 0.2) is 6.33 Å². The summed E-state index contributed by atoms with van der Waals surface area (Å²) in [6, 6.07) is 0.555. The molecule has 1 N–H and O–H groups in total. The average molecular weight is 238 g/mol. The van der Waals surface area contributed by atoms with Crippen LogP contribution in [-0.2, 0) is 13.0 Å². The van der Waals surface area contributed by atoms with Gasteiger partial charge in [-0.3, -0.25) is 0 Å². The molecule has 4 heteroatoms. The molecule has 0 aliphatic carbocycles. The summed E-state index contributed by atoms with van der Waals surface area (Å²) in [5, 5.41) is 7.67. The number of hydrogen-bond acceptors (Lipinski definition) is 3. The zero-order chi connectivity index (χ0) is 12.8. The van der Waals surface area contributed by atoms with Crippen LogP contribution < -0.4 is 5.32 Å². The summed E-state index contributed by atoms with van der Waals surface area (Å²) in [6.45, 7) is 9.86. The van der Waals surface area contributed by atoms with Crippen molar-refractivity contribution in [3.05, 3.63) is 12.2 Å². The van der Waals surface area contributed by atoms with Crippen molar-refractivity contribution in [2.45, 2.75) is 53.1 Å². The van der Waals surface area contributed by atoms with Crippen LogP contribution in [0.1, 0.15) is 39.9 Å². The van der Waals surface area contributed by atoms with Gasteiger partial charge in [0.2, 0.25) is 0 Å². The second-order valence-electron chi connectivity index (χ2n) is 5.24. The van der Waals surface area contributed by atoms with Crippen LogP contribution in [0, 0.1) is 11.8 Å². The molecule has 1 aromatic heterocycles. The van der Waals surface area contributed by atoms with Crippen LogP contribution in [0.4, 0.5) is 0 Å². The van der Waals surface area contributed by atoms with E-state index in [1.807, 2.05) is 11.7 Å². The molecule has 0 aliphatic heterocycles. The molecule has 0 amide bonds. The molecule has 98 valence electrons. The Morgan fingerprint density at radius 2 is 2.06 bits per heavy atom. The zero-order valence-corrected chi connectivity index (χ0v) is 11.8. The van der Waals surface area contributed by atoms with Gasteiger partial charge in [0.15, 0.2) is 0 Å². The molecule has 0 radical (unpaired) electrons. The average Bonchev–Trinajstić information content (AvgIpc) is 2.66. The molecule has 2 atom stereocenters. The highest BCUT2D eigenvalue weighted by Crippen LogP contribution is 2.13. The van der Waals surface area contributed by atoms with Crippen LogP contribution in [0.25, 0.3) is 0 Å². The minimum Gasteiger partial charge on any atom is -0.317 e. The Morgan fingerprint density at radius 3 is 2.59 bits per heavy atom. The molecule has 0 saturated carbocycles. The van der Waals surface area contributed by atoms with Crippen molar-refractivity contribution in [2.24, 2.45) is 11.8 Å². The molecule has 2 unspecified atom stereocenters. The Hall–Kier alpha value is -0.900. The van der Waals surface area contributed by atoms with Crippen molar-refractivity contribution in [1.82, 2.24) is 20.1 Å². The van der Waals surface area contributed by atoms with Gasteiger partial charge < -0.3 is 5.32 Å². The molecular formula is C13H26N4. The van der Waals surface area contributed by atoms with Gasteiger partial charge in [0, 0.05) is 19.0 Å². The van der Waals surface area contributed by atoms with Gasteiger partial charge >= 0.3 is 0 Å². The first-order chi connectivity index (χ1) is 8.08. The number of rotatable bonds is 7. The first-order valence-corrected chi connectivity index (χ1v) is 6.62. The van der Waals surface area contributed by atoms with Gasteiger partial charge in [0.05, 0.1) is 0 Å². The maximum Gasteiger partial charge on any atom is 0.138 e. The lowest BCUT2D eigenvalue weighted by Gasteiger charge is -2.22. The lowest BCUT2D eigenvalue weighted by Crippen LogP contribution is -2.33. The van der Waals surface area contributed by atoms with Gasteiger partial charge in [-0.15, -0.1) is 0 Å². The van der Waals surface area contributed by atoms with Crippen molar-refractivity contribution < 1.29 is 0 Å². The van der Waals surface area contributed by atoms with Crippen LogP contribution >= 0.6 is 0 Å².